The summed E-state index contributed by atoms with van der Waals surface area (Å²) in [5.74, 6) is -2.06. The van der Waals surface area contributed by atoms with Crippen molar-refractivity contribution in [1.29, 1.82) is 0 Å². The average Bonchev–Trinajstić information content (AvgIpc) is 2.59. The molecule has 0 spiro atoms. The van der Waals surface area contributed by atoms with Gasteiger partial charge in [0.2, 0.25) is 5.91 Å². The Kier molecular flexibility index (Phi) is 5.04. The van der Waals surface area contributed by atoms with Crippen LogP contribution in [0, 0.1) is 0 Å². The van der Waals surface area contributed by atoms with Gasteiger partial charge in [-0.15, -0.1) is 5.06 Å². The number of halogens is 1. The highest BCUT2D eigenvalue weighted by atomic mass is 79.9. The summed E-state index contributed by atoms with van der Waals surface area (Å²) in [6, 6.07) is 0. The van der Waals surface area contributed by atoms with Crippen molar-refractivity contribution in [3.63, 3.8) is 0 Å². The lowest BCUT2D eigenvalue weighted by Crippen LogP contribution is -2.39. The minimum absolute atomic E-state index is 0.0562. The van der Waals surface area contributed by atoms with Gasteiger partial charge >= 0.3 is 5.97 Å². The van der Waals surface area contributed by atoms with Crippen molar-refractivity contribution in [3.8, 4) is 0 Å². The molecule has 0 atom stereocenters. The molecule has 0 unspecified atom stereocenters. The van der Waals surface area contributed by atoms with Crippen molar-refractivity contribution in [2.24, 2.45) is 0 Å². The van der Waals surface area contributed by atoms with Crippen LogP contribution in [0.1, 0.15) is 33.1 Å². The van der Waals surface area contributed by atoms with E-state index in [4.69, 9.17) is 0 Å². The topological polar surface area (TPSA) is 92.8 Å². The Labute approximate surface area is 118 Å². The monoisotopic (exact) mass is 334 g/mol. The van der Waals surface area contributed by atoms with Crippen LogP contribution in [0.4, 0.5) is 0 Å². The molecule has 7 nitrogen and oxygen atoms in total. The number of hydrogen-bond acceptors (Lipinski definition) is 5. The standard InChI is InChI=1S/C11H15BrN2O5/c1-11(2,12)10(18)13-6-5-9(17)19-14-7(15)3-4-8(14)16/h3-6H2,1-2H3,(H,13,18). The number of amides is 3. The van der Waals surface area contributed by atoms with Gasteiger partial charge in [0.05, 0.1) is 10.7 Å². The Bertz CT molecular complexity index is 400. The second kappa shape index (κ2) is 6.14. The summed E-state index contributed by atoms with van der Waals surface area (Å²) in [5.41, 5.74) is 0. The minimum Gasteiger partial charge on any atom is -0.354 e. The van der Waals surface area contributed by atoms with E-state index in [9.17, 15) is 19.2 Å². The molecule has 1 N–H and O–H groups in total. The van der Waals surface area contributed by atoms with E-state index < -0.39 is 22.1 Å². The summed E-state index contributed by atoms with van der Waals surface area (Å²) >= 11 is 3.17. The van der Waals surface area contributed by atoms with Gasteiger partial charge in [-0.25, -0.2) is 4.79 Å². The number of carbonyl (C=O) groups is 4. The number of nitrogens with one attached hydrogen (secondary N) is 1. The summed E-state index contributed by atoms with van der Waals surface area (Å²) in [6.07, 6.45) is -0.00681. The SMILES string of the molecule is CC(C)(Br)C(=O)NCCC(=O)ON1C(=O)CCC1=O. The predicted molar refractivity (Wildman–Crippen MR) is 67.8 cm³/mol. The predicted octanol–water partition coefficient (Wildman–Crippen LogP) is 0.273. The van der Waals surface area contributed by atoms with E-state index in [1.165, 1.54) is 0 Å². The molecule has 1 rings (SSSR count). The van der Waals surface area contributed by atoms with Crippen molar-refractivity contribution >= 4 is 39.6 Å². The van der Waals surface area contributed by atoms with Crippen LogP contribution >= 0.6 is 15.9 Å². The molecule has 0 aromatic heterocycles. The molecular weight excluding hydrogens is 320 g/mol. The number of carbonyl (C=O) groups excluding carboxylic acids is 4. The van der Waals surface area contributed by atoms with E-state index in [1.807, 2.05) is 0 Å². The fourth-order valence-corrected chi connectivity index (χ4v) is 1.43. The van der Waals surface area contributed by atoms with Crippen LogP contribution in [0.5, 0.6) is 0 Å². The molecule has 0 aromatic carbocycles. The molecule has 106 valence electrons. The number of alkyl halides is 1. The van der Waals surface area contributed by atoms with Crippen LogP contribution in [0.2, 0.25) is 0 Å². The van der Waals surface area contributed by atoms with E-state index in [2.05, 4.69) is 26.1 Å². The van der Waals surface area contributed by atoms with E-state index in [1.54, 1.807) is 13.8 Å². The molecule has 1 heterocycles. The molecule has 0 radical (unpaired) electrons. The molecule has 8 heteroatoms. The zero-order valence-electron chi connectivity index (χ0n) is 10.7. The summed E-state index contributed by atoms with van der Waals surface area (Å²) in [4.78, 5) is 49.9. The first-order chi connectivity index (χ1) is 8.71. The fraction of sp³-hybridized carbons (Fsp3) is 0.636. The van der Waals surface area contributed by atoms with Crippen LogP contribution in [0.25, 0.3) is 0 Å². The number of hydrogen-bond donors (Lipinski definition) is 1. The van der Waals surface area contributed by atoms with Gasteiger partial charge in [0, 0.05) is 19.4 Å². The van der Waals surface area contributed by atoms with Crippen molar-refractivity contribution in [2.75, 3.05) is 6.54 Å². The van der Waals surface area contributed by atoms with Crippen molar-refractivity contribution < 1.29 is 24.0 Å². The van der Waals surface area contributed by atoms with E-state index >= 15 is 0 Å². The third kappa shape index (κ3) is 4.62. The van der Waals surface area contributed by atoms with Gasteiger partial charge in [0.25, 0.3) is 11.8 Å². The second-order valence-corrected chi connectivity index (χ2v) is 6.51. The Morgan fingerprint density at radius 3 is 2.32 bits per heavy atom. The first-order valence-corrected chi connectivity index (χ1v) is 6.55. The smallest absolute Gasteiger partial charge is 0.334 e. The van der Waals surface area contributed by atoms with Crippen molar-refractivity contribution in [1.82, 2.24) is 10.4 Å². The summed E-state index contributed by atoms with van der Waals surface area (Å²) in [7, 11) is 0. The molecule has 0 saturated carbocycles. The Balaban J connectivity index is 2.31. The fourth-order valence-electron chi connectivity index (χ4n) is 1.29. The number of rotatable bonds is 5. The number of hydroxylamine groups is 2. The molecule has 1 fully saturated rings. The molecule has 19 heavy (non-hydrogen) atoms. The molecular formula is C11H15BrN2O5. The van der Waals surface area contributed by atoms with E-state index in [0.29, 0.717) is 5.06 Å². The largest absolute Gasteiger partial charge is 0.354 e. The number of imide groups is 1. The maximum Gasteiger partial charge on any atom is 0.334 e. The molecule has 1 aliphatic heterocycles. The lowest BCUT2D eigenvalue weighted by atomic mass is 10.2. The Hall–Kier alpha value is -1.44. The van der Waals surface area contributed by atoms with Gasteiger partial charge in [0.15, 0.2) is 0 Å². The van der Waals surface area contributed by atoms with Gasteiger partial charge in [0.1, 0.15) is 0 Å². The highest BCUT2D eigenvalue weighted by molar-refractivity contribution is 9.10. The quantitative estimate of drug-likeness (QED) is 0.575. The lowest BCUT2D eigenvalue weighted by Gasteiger charge is -2.16. The highest BCUT2D eigenvalue weighted by Crippen LogP contribution is 2.15. The zero-order chi connectivity index (χ0) is 14.6. The lowest BCUT2D eigenvalue weighted by molar-refractivity contribution is -0.197. The van der Waals surface area contributed by atoms with Crippen LogP contribution < -0.4 is 5.32 Å². The summed E-state index contributed by atoms with van der Waals surface area (Å²) < 4.78 is -0.724. The van der Waals surface area contributed by atoms with E-state index in [0.717, 1.165) is 0 Å². The van der Waals surface area contributed by atoms with Crippen molar-refractivity contribution in [2.45, 2.75) is 37.4 Å². The van der Waals surface area contributed by atoms with Crippen LogP contribution in [-0.4, -0.2) is 39.6 Å². The van der Waals surface area contributed by atoms with Gasteiger partial charge in [-0.1, -0.05) is 15.9 Å². The summed E-state index contributed by atoms with van der Waals surface area (Å²) in [5, 5.41) is 3.01. The number of nitrogens with zero attached hydrogens (tertiary/aromatic N) is 1. The third-order valence-corrected chi connectivity index (χ3v) is 2.71. The minimum atomic E-state index is -0.740. The van der Waals surface area contributed by atoms with Gasteiger partial charge in [-0.05, 0) is 13.8 Å². The normalized spacial score (nSPS) is 15.6. The van der Waals surface area contributed by atoms with Gasteiger partial charge in [-0.3, -0.25) is 14.4 Å². The van der Waals surface area contributed by atoms with Gasteiger partial charge < -0.3 is 10.2 Å². The van der Waals surface area contributed by atoms with Gasteiger partial charge in [-0.2, -0.15) is 0 Å². The van der Waals surface area contributed by atoms with Crippen LogP contribution in [0.15, 0.2) is 0 Å². The molecule has 0 bridgehead atoms. The molecule has 0 aromatic rings. The average molecular weight is 335 g/mol. The molecule has 0 aliphatic carbocycles. The highest BCUT2D eigenvalue weighted by Gasteiger charge is 2.32. The molecule has 1 saturated heterocycles. The maximum atomic E-state index is 11.5. The Morgan fingerprint density at radius 2 is 1.84 bits per heavy atom. The van der Waals surface area contributed by atoms with Crippen LogP contribution in [0.3, 0.4) is 0 Å². The van der Waals surface area contributed by atoms with E-state index in [-0.39, 0.29) is 31.7 Å². The maximum absolute atomic E-state index is 11.5. The molecule has 3 amide bonds. The second-order valence-electron chi connectivity index (χ2n) is 4.52. The first kappa shape index (κ1) is 15.6. The van der Waals surface area contributed by atoms with Crippen molar-refractivity contribution in [3.05, 3.63) is 0 Å². The summed E-state index contributed by atoms with van der Waals surface area (Å²) in [6.45, 7) is 3.41. The van der Waals surface area contributed by atoms with Crippen LogP contribution in [-0.2, 0) is 24.0 Å². The zero-order valence-corrected chi connectivity index (χ0v) is 12.3. The molecule has 1 aliphatic rings. The Morgan fingerprint density at radius 1 is 1.32 bits per heavy atom. The first-order valence-electron chi connectivity index (χ1n) is 5.75. The third-order valence-electron chi connectivity index (χ3n) is 2.35.